The number of carbonyl (C=O) groups excluding carboxylic acids is 2. The molecule has 0 saturated carbocycles. The van der Waals surface area contributed by atoms with Gasteiger partial charge < -0.3 is 9.47 Å². The summed E-state index contributed by atoms with van der Waals surface area (Å²) >= 11 is 0. The van der Waals surface area contributed by atoms with E-state index < -0.39 is 6.04 Å². The molecule has 1 heterocycles. The Morgan fingerprint density at radius 3 is 2.29 bits per heavy atom. The number of likely N-dealkylation sites (tertiary alicyclic amines) is 1. The normalized spacial score (nSPS) is 19.7. The number of rotatable bonds is 4. The molecule has 1 fully saturated rings. The Hall–Kier alpha value is -1.10. The predicted octanol–water partition coefficient (Wildman–Crippen LogP) is 0.823. The zero-order valence-corrected chi connectivity index (χ0v) is 10.8. The second-order valence-electron chi connectivity index (χ2n) is 4.54. The van der Waals surface area contributed by atoms with Crippen LogP contribution in [0.2, 0.25) is 0 Å². The maximum absolute atomic E-state index is 11.7. The second kappa shape index (κ2) is 6.59. The zero-order valence-electron chi connectivity index (χ0n) is 10.8. The van der Waals surface area contributed by atoms with Gasteiger partial charge in [-0.3, -0.25) is 14.5 Å². The quantitative estimate of drug-likeness (QED) is 0.684. The molecule has 1 rings (SSSR count). The van der Waals surface area contributed by atoms with Crippen LogP contribution in [0.25, 0.3) is 0 Å². The number of methoxy groups -OCH3 is 2. The van der Waals surface area contributed by atoms with Gasteiger partial charge in [0.15, 0.2) is 0 Å². The summed E-state index contributed by atoms with van der Waals surface area (Å²) in [4.78, 5) is 25.0. The smallest absolute Gasteiger partial charge is 0.323 e. The van der Waals surface area contributed by atoms with Crippen molar-refractivity contribution in [3.63, 3.8) is 0 Å². The van der Waals surface area contributed by atoms with Crippen LogP contribution < -0.4 is 0 Å². The first kappa shape index (κ1) is 14.0. The van der Waals surface area contributed by atoms with Crippen LogP contribution in [0.15, 0.2) is 0 Å². The van der Waals surface area contributed by atoms with Crippen molar-refractivity contribution in [2.45, 2.75) is 32.2 Å². The molecule has 1 saturated heterocycles. The first-order valence-electron chi connectivity index (χ1n) is 5.97. The van der Waals surface area contributed by atoms with Gasteiger partial charge in [0.05, 0.1) is 20.6 Å². The average molecular weight is 243 g/mol. The van der Waals surface area contributed by atoms with Crippen molar-refractivity contribution in [1.82, 2.24) is 4.90 Å². The molecule has 1 atom stereocenters. The lowest BCUT2D eigenvalue weighted by Crippen LogP contribution is -2.47. The van der Waals surface area contributed by atoms with Crippen molar-refractivity contribution in [2.75, 3.05) is 27.3 Å². The molecule has 0 unspecified atom stereocenters. The van der Waals surface area contributed by atoms with E-state index in [4.69, 9.17) is 4.74 Å². The number of ether oxygens (including phenoxy) is 2. The summed E-state index contributed by atoms with van der Waals surface area (Å²) in [6.07, 6.45) is 2.17. The minimum Gasteiger partial charge on any atom is -0.469 e. The number of carbonyl (C=O) groups is 2. The average Bonchev–Trinajstić information content (AvgIpc) is 2.36. The van der Waals surface area contributed by atoms with Gasteiger partial charge in [0, 0.05) is 0 Å². The Morgan fingerprint density at radius 1 is 1.24 bits per heavy atom. The molecule has 1 aliphatic heterocycles. The van der Waals surface area contributed by atoms with Crippen LogP contribution in [0.3, 0.4) is 0 Å². The summed E-state index contributed by atoms with van der Waals surface area (Å²) in [5, 5.41) is 0. The Bertz CT molecular complexity index is 272. The highest BCUT2D eigenvalue weighted by molar-refractivity contribution is 5.82. The highest BCUT2D eigenvalue weighted by Gasteiger charge is 2.31. The van der Waals surface area contributed by atoms with Gasteiger partial charge in [0.2, 0.25) is 0 Å². The summed E-state index contributed by atoms with van der Waals surface area (Å²) in [7, 11) is 2.67. The number of hydrogen-bond donors (Lipinski definition) is 0. The third-order valence-corrected chi connectivity index (χ3v) is 3.32. The van der Waals surface area contributed by atoms with Gasteiger partial charge in [-0.15, -0.1) is 0 Å². The van der Waals surface area contributed by atoms with Crippen LogP contribution in [-0.2, 0) is 19.1 Å². The molecule has 0 N–H and O–H groups in total. The van der Waals surface area contributed by atoms with Crippen molar-refractivity contribution in [1.29, 1.82) is 0 Å². The number of esters is 2. The third-order valence-electron chi connectivity index (χ3n) is 3.32. The van der Waals surface area contributed by atoms with Gasteiger partial charge in [-0.25, -0.2) is 0 Å². The highest BCUT2D eigenvalue weighted by Crippen LogP contribution is 2.20. The first-order chi connectivity index (χ1) is 8.08. The van der Waals surface area contributed by atoms with Crippen LogP contribution in [0, 0.1) is 5.92 Å². The highest BCUT2D eigenvalue weighted by atomic mass is 16.5. The van der Waals surface area contributed by atoms with Crippen LogP contribution in [0.5, 0.6) is 0 Å². The Kier molecular flexibility index (Phi) is 5.41. The SMILES string of the molecule is COC(=O)C[C@@H](C(=O)OC)N1CCC(C)CC1. The fraction of sp³-hybridized carbons (Fsp3) is 0.833. The molecule has 0 aliphatic carbocycles. The monoisotopic (exact) mass is 243 g/mol. The molecule has 0 amide bonds. The van der Waals surface area contributed by atoms with Crippen LogP contribution in [0.4, 0.5) is 0 Å². The summed E-state index contributed by atoms with van der Waals surface area (Å²) in [5.74, 6) is -0.0494. The standard InChI is InChI=1S/C12H21NO4/c1-9-4-6-13(7-5-9)10(12(15)17-3)8-11(14)16-2/h9-10H,4-8H2,1-3H3/t10-/m0/s1. The number of nitrogens with zero attached hydrogens (tertiary/aromatic N) is 1. The van der Waals surface area contributed by atoms with Crippen molar-refractivity contribution >= 4 is 11.9 Å². The first-order valence-corrected chi connectivity index (χ1v) is 5.97. The maximum atomic E-state index is 11.7. The molecule has 0 aromatic rings. The molecule has 0 spiro atoms. The Morgan fingerprint density at radius 2 is 1.82 bits per heavy atom. The van der Waals surface area contributed by atoms with E-state index in [2.05, 4.69) is 11.7 Å². The number of hydrogen-bond acceptors (Lipinski definition) is 5. The van der Waals surface area contributed by atoms with E-state index >= 15 is 0 Å². The molecule has 17 heavy (non-hydrogen) atoms. The fourth-order valence-electron chi connectivity index (χ4n) is 2.08. The van der Waals surface area contributed by atoms with Gasteiger partial charge in [-0.05, 0) is 31.8 Å². The van der Waals surface area contributed by atoms with Crippen molar-refractivity contribution in [3.8, 4) is 0 Å². The van der Waals surface area contributed by atoms with Crippen molar-refractivity contribution in [2.24, 2.45) is 5.92 Å². The van der Waals surface area contributed by atoms with E-state index in [9.17, 15) is 9.59 Å². The molecule has 5 heteroatoms. The molecular formula is C12H21NO4. The molecule has 0 radical (unpaired) electrons. The molecule has 5 nitrogen and oxygen atoms in total. The van der Waals surface area contributed by atoms with Crippen LogP contribution >= 0.6 is 0 Å². The van der Waals surface area contributed by atoms with Crippen molar-refractivity contribution in [3.05, 3.63) is 0 Å². The van der Waals surface area contributed by atoms with Crippen LogP contribution in [0.1, 0.15) is 26.2 Å². The minimum atomic E-state index is -0.500. The van der Waals surface area contributed by atoms with Crippen molar-refractivity contribution < 1.29 is 19.1 Å². The summed E-state index contributed by atoms with van der Waals surface area (Å²) in [6, 6.07) is -0.500. The lowest BCUT2D eigenvalue weighted by atomic mass is 9.97. The molecule has 1 aliphatic rings. The molecular weight excluding hydrogens is 222 g/mol. The molecule has 0 aromatic heterocycles. The van der Waals surface area contributed by atoms with Crippen LogP contribution in [-0.4, -0.2) is 50.2 Å². The molecule has 0 bridgehead atoms. The fourth-order valence-corrected chi connectivity index (χ4v) is 2.08. The molecule has 98 valence electrons. The Balaban J connectivity index is 2.62. The van der Waals surface area contributed by atoms with E-state index in [1.807, 2.05) is 4.90 Å². The van der Waals surface area contributed by atoms with E-state index in [0.29, 0.717) is 5.92 Å². The summed E-state index contributed by atoms with van der Waals surface area (Å²) in [6.45, 7) is 3.86. The Labute approximate surface area is 102 Å². The zero-order chi connectivity index (χ0) is 12.8. The van der Waals surface area contributed by atoms with Gasteiger partial charge in [0.1, 0.15) is 6.04 Å². The lowest BCUT2D eigenvalue weighted by Gasteiger charge is -2.34. The van der Waals surface area contributed by atoms with Gasteiger partial charge in [0.25, 0.3) is 0 Å². The maximum Gasteiger partial charge on any atom is 0.323 e. The predicted molar refractivity (Wildman–Crippen MR) is 62.4 cm³/mol. The van der Waals surface area contributed by atoms with Gasteiger partial charge in [-0.1, -0.05) is 6.92 Å². The minimum absolute atomic E-state index is 0.0670. The van der Waals surface area contributed by atoms with E-state index in [0.717, 1.165) is 25.9 Å². The summed E-state index contributed by atoms with van der Waals surface area (Å²) in [5.41, 5.74) is 0. The van der Waals surface area contributed by atoms with E-state index in [1.54, 1.807) is 0 Å². The second-order valence-corrected chi connectivity index (χ2v) is 4.54. The third kappa shape index (κ3) is 4.00. The van der Waals surface area contributed by atoms with Gasteiger partial charge >= 0.3 is 11.9 Å². The largest absolute Gasteiger partial charge is 0.469 e. The van der Waals surface area contributed by atoms with Gasteiger partial charge in [-0.2, -0.15) is 0 Å². The lowest BCUT2D eigenvalue weighted by molar-refractivity contribution is -0.154. The number of piperidine rings is 1. The van der Waals surface area contributed by atoms with E-state index in [1.165, 1.54) is 14.2 Å². The molecule has 0 aromatic carbocycles. The summed E-state index contributed by atoms with van der Waals surface area (Å²) < 4.78 is 9.36. The van der Waals surface area contributed by atoms with E-state index in [-0.39, 0.29) is 18.4 Å². The topological polar surface area (TPSA) is 55.8 Å².